The molecule has 1 aromatic heterocycles. The number of allylic oxidation sites excluding steroid dienone is 1. The van der Waals surface area contributed by atoms with E-state index in [1.165, 1.54) is 20.6 Å². The van der Waals surface area contributed by atoms with E-state index in [1.54, 1.807) is 10.8 Å². The van der Waals surface area contributed by atoms with Crippen molar-refractivity contribution in [1.82, 2.24) is 9.97 Å². The van der Waals surface area contributed by atoms with Crippen LogP contribution in [0, 0.1) is 22.6 Å². The summed E-state index contributed by atoms with van der Waals surface area (Å²) in [6, 6.07) is 0. The molecule has 1 aromatic rings. The highest BCUT2D eigenvalue weighted by molar-refractivity contribution is 14.2. The summed E-state index contributed by atoms with van der Waals surface area (Å²) in [6.07, 6.45) is 8.73. The molecule has 0 aliphatic rings. The maximum Gasteiger partial charge on any atom is 0.171 e. The number of halogens is 1. The average molecular weight is 362 g/mol. The molecule has 0 fully saturated rings. The van der Waals surface area contributed by atoms with Gasteiger partial charge < -0.3 is 4.98 Å². The van der Waals surface area contributed by atoms with Gasteiger partial charge in [0.05, 0.1) is 8.98 Å². The lowest BCUT2D eigenvalue weighted by Crippen LogP contribution is -1.95. The Morgan fingerprint density at radius 3 is 2.94 bits per heavy atom. The third-order valence-electron chi connectivity index (χ3n) is 1.84. The Bertz CT molecular complexity index is 524. The van der Waals surface area contributed by atoms with Crippen molar-refractivity contribution in [2.75, 3.05) is 4.93 Å². The zero-order valence-electron chi connectivity index (χ0n) is 8.95. The molecular formula is C11H11IN2S2. The first-order valence-electron chi connectivity index (χ1n) is 4.39. The summed E-state index contributed by atoms with van der Waals surface area (Å²) in [5, 5.41) is 0.828. The molecule has 1 heterocycles. The molecule has 0 unspecified atom stereocenters. The number of nitrogens with zero attached hydrogens (tertiary/aromatic N) is 1. The lowest BCUT2D eigenvalue weighted by molar-refractivity contribution is 0.935. The number of alkyl halides is 1. The fraction of sp³-hybridized carbons (Fsp3) is 0.182. The minimum absolute atomic E-state index is 0.0155. The number of H-pyrrole nitrogens is 1. The normalized spacial score (nSPS) is 12.2. The van der Waals surface area contributed by atoms with Gasteiger partial charge in [-0.25, -0.2) is 4.98 Å². The smallest absolute Gasteiger partial charge is 0.171 e. The number of nitrogens with one attached hydrogen (secondary N) is 1. The first-order chi connectivity index (χ1) is 7.72. The van der Waals surface area contributed by atoms with E-state index in [0.29, 0.717) is 0 Å². The first kappa shape index (κ1) is 13.6. The lowest BCUT2D eigenvalue weighted by atomic mass is 10.2. The van der Waals surface area contributed by atoms with Gasteiger partial charge in [-0.1, -0.05) is 38.9 Å². The maximum atomic E-state index is 5.20. The molecule has 16 heavy (non-hydrogen) atoms. The molecule has 0 aromatic carbocycles. The summed E-state index contributed by atoms with van der Waals surface area (Å²) in [5.74, 6) is 2.48. The topological polar surface area (TPSA) is 28.7 Å². The molecule has 2 nitrogen and oxygen atoms in total. The molecule has 0 bridgehead atoms. The Morgan fingerprint density at radius 2 is 2.38 bits per heavy atom. The van der Waals surface area contributed by atoms with Crippen LogP contribution in [-0.2, 0) is 0 Å². The van der Waals surface area contributed by atoms with Gasteiger partial charge in [-0.05, 0) is 35.8 Å². The van der Waals surface area contributed by atoms with E-state index in [-0.39, 0.29) is 20.7 Å². The molecule has 1 N–H and O–H groups in total. The molecule has 0 aliphatic carbocycles. The summed E-state index contributed by atoms with van der Waals surface area (Å²) in [4.78, 5) is 9.96. The fourth-order valence-electron chi connectivity index (χ4n) is 1.10. The van der Waals surface area contributed by atoms with Crippen LogP contribution in [0.4, 0.5) is 0 Å². The van der Waals surface area contributed by atoms with Crippen molar-refractivity contribution in [3.05, 3.63) is 20.6 Å². The van der Waals surface area contributed by atoms with Gasteiger partial charge in [0.1, 0.15) is 0 Å². The van der Waals surface area contributed by atoms with E-state index in [2.05, 4.69) is 27.7 Å². The number of aromatic nitrogens is 2. The number of hydrogen-bond acceptors (Lipinski definition) is 3. The molecule has 0 atom stereocenters. The van der Waals surface area contributed by atoms with Crippen molar-refractivity contribution in [1.29, 1.82) is 0 Å². The van der Waals surface area contributed by atoms with E-state index >= 15 is 0 Å². The van der Waals surface area contributed by atoms with E-state index in [0.717, 1.165) is 10.9 Å². The van der Waals surface area contributed by atoms with Crippen LogP contribution < -0.4 is 0 Å². The second-order valence-corrected chi connectivity index (χ2v) is 6.32. The SMILES string of the molecule is C#C/C=C\c1nc(SC=S)[nH]c(=IC)c1C. The van der Waals surface area contributed by atoms with Crippen molar-refractivity contribution in [2.45, 2.75) is 12.1 Å². The van der Waals surface area contributed by atoms with Crippen molar-refractivity contribution < 1.29 is 0 Å². The number of terminal acetylenes is 1. The minimum atomic E-state index is -0.0155. The number of rotatable bonds is 3. The molecular weight excluding hydrogens is 351 g/mol. The predicted octanol–water partition coefficient (Wildman–Crippen LogP) is 3.55. The molecule has 1 rings (SSSR count). The van der Waals surface area contributed by atoms with Crippen molar-refractivity contribution >= 4 is 55.5 Å². The number of thioether (sulfide) groups is 1. The van der Waals surface area contributed by atoms with E-state index in [9.17, 15) is 0 Å². The molecule has 0 radical (unpaired) electrons. The largest absolute Gasteiger partial charge is 0.330 e. The van der Waals surface area contributed by atoms with Gasteiger partial charge in [0, 0.05) is 10.3 Å². The zero-order valence-corrected chi connectivity index (χ0v) is 12.7. The highest BCUT2D eigenvalue weighted by Gasteiger charge is 2.02. The molecule has 0 aliphatic heterocycles. The number of aromatic amines is 1. The quantitative estimate of drug-likeness (QED) is 0.223. The van der Waals surface area contributed by atoms with Gasteiger partial charge in [-0.15, -0.1) is 6.42 Å². The summed E-state index contributed by atoms with van der Waals surface area (Å²) >= 11 is 6.21. The zero-order chi connectivity index (χ0) is 12.0. The molecule has 0 saturated carbocycles. The Labute approximate surface area is 115 Å². The number of thiocarbonyl (C=S) groups is 1. The Morgan fingerprint density at radius 1 is 1.62 bits per heavy atom. The number of hydrogen-bond donors (Lipinski definition) is 1. The lowest BCUT2D eigenvalue weighted by Gasteiger charge is -2.03. The van der Waals surface area contributed by atoms with Gasteiger partial charge in [-0.2, -0.15) is 0 Å². The Kier molecular flexibility index (Phi) is 5.95. The van der Waals surface area contributed by atoms with Crippen molar-refractivity contribution in [2.24, 2.45) is 0 Å². The van der Waals surface area contributed by atoms with Crippen LogP contribution in [0.1, 0.15) is 11.3 Å². The third-order valence-corrected chi connectivity index (χ3v) is 4.80. The molecule has 84 valence electrons. The molecule has 0 saturated heterocycles. The Hall–Kier alpha value is -0.450. The maximum absolute atomic E-state index is 5.20. The fourth-order valence-corrected chi connectivity index (χ4v) is 3.57. The van der Waals surface area contributed by atoms with Crippen molar-refractivity contribution in [3.8, 4) is 12.3 Å². The first-order valence-corrected chi connectivity index (χ1v) is 8.98. The molecule has 0 spiro atoms. The molecule has 0 amide bonds. The van der Waals surface area contributed by atoms with Crippen LogP contribution in [0.3, 0.4) is 0 Å². The van der Waals surface area contributed by atoms with Crippen LogP contribution in [0.15, 0.2) is 11.2 Å². The van der Waals surface area contributed by atoms with Crippen molar-refractivity contribution in [3.63, 3.8) is 0 Å². The van der Waals surface area contributed by atoms with E-state index in [4.69, 9.17) is 18.6 Å². The van der Waals surface area contributed by atoms with Gasteiger partial charge in [-0.3, -0.25) is 0 Å². The molecule has 5 heteroatoms. The van der Waals surface area contributed by atoms with Gasteiger partial charge in [0.2, 0.25) is 0 Å². The summed E-state index contributed by atoms with van der Waals surface area (Å²) in [6.45, 7) is 2.06. The van der Waals surface area contributed by atoms with Crippen LogP contribution in [-0.4, -0.2) is 19.6 Å². The van der Waals surface area contributed by atoms with Crippen LogP contribution >= 0.6 is 44.7 Å². The van der Waals surface area contributed by atoms with Gasteiger partial charge >= 0.3 is 0 Å². The third kappa shape index (κ3) is 3.54. The highest BCUT2D eigenvalue weighted by atomic mass is 127. The second-order valence-electron chi connectivity index (χ2n) is 2.77. The van der Waals surface area contributed by atoms with E-state index in [1.807, 2.05) is 6.08 Å². The van der Waals surface area contributed by atoms with Gasteiger partial charge in [0.15, 0.2) is 5.16 Å². The summed E-state index contributed by atoms with van der Waals surface area (Å²) in [5.41, 5.74) is 2.10. The standard InChI is InChI=1S/C11H11IN2S2/c1-4-5-6-9-8(2)10(12-3)14-11(13-9)16-7-15/h1,5-7H,2-3H3,(H,13,14)/b6-5-. The van der Waals surface area contributed by atoms with E-state index < -0.39 is 0 Å². The Balaban J connectivity index is 3.37. The second kappa shape index (κ2) is 6.99. The monoisotopic (exact) mass is 362 g/mol. The summed E-state index contributed by atoms with van der Waals surface area (Å²) in [7, 11) is 0. The highest BCUT2D eigenvalue weighted by Crippen LogP contribution is 2.17. The van der Waals surface area contributed by atoms with Gasteiger partial charge in [0.25, 0.3) is 0 Å². The summed E-state index contributed by atoms with van der Waals surface area (Å²) < 4.78 is 2.87. The van der Waals surface area contributed by atoms with Crippen LogP contribution in [0.25, 0.3) is 6.08 Å². The predicted molar refractivity (Wildman–Crippen MR) is 83.9 cm³/mol. The minimum Gasteiger partial charge on any atom is -0.330 e. The van der Waals surface area contributed by atoms with Crippen LogP contribution in [0.5, 0.6) is 0 Å². The average Bonchev–Trinajstić information content (AvgIpc) is 2.29. The van der Waals surface area contributed by atoms with Crippen LogP contribution in [0.2, 0.25) is 0 Å².